The average Bonchev–Trinajstić information content (AvgIpc) is 3.07. The quantitative estimate of drug-likeness (QED) is 0.536. The monoisotopic (exact) mass is 342 g/mol. The minimum atomic E-state index is 0.0221. The van der Waals surface area contributed by atoms with Crippen molar-refractivity contribution in [1.29, 1.82) is 0 Å². The maximum Gasteiger partial charge on any atom is 0.104 e. The van der Waals surface area contributed by atoms with Gasteiger partial charge in [-0.05, 0) is 33.9 Å². The predicted octanol–water partition coefficient (Wildman–Crippen LogP) is 5.40. The summed E-state index contributed by atoms with van der Waals surface area (Å²) in [5.74, 6) is 2.18. The number of hydrogen-bond acceptors (Lipinski definition) is 3. The first-order valence-electron chi connectivity index (χ1n) is 8.00. The van der Waals surface area contributed by atoms with Crippen LogP contribution in [0.4, 0.5) is 0 Å². The number of imidazole rings is 1. The molecule has 0 N–H and O–H groups in total. The maximum absolute atomic E-state index is 4.21. The number of aromatic nitrogens is 2. The molecule has 3 rings (SSSR count). The van der Waals surface area contributed by atoms with E-state index < -0.39 is 0 Å². The summed E-state index contributed by atoms with van der Waals surface area (Å²) in [6.45, 7) is 5.41. The van der Waals surface area contributed by atoms with Crippen LogP contribution in [0.5, 0.6) is 0 Å². The number of nitrogens with zero attached hydrogens (tertiary/aromatic N) is 2. The smallest absolute Gasteiger partial charge is 0.104 e. The van der Waals surface area contributed by atoms with Crippen LogP contribution in [0, 0.1) is 0 Å². The van der Waals surface area contributed by atoms with Crippen molar-refractivity contribution in [3.8, 4) is 0 Å². The molecule has 0 aliphatic rings. The summed E-state index contributed by atoms with van der Waals surface area (Å²) in [4.78, 5) is 4.21. The van der Waals surface area contributed by atoms with Crippen LogP contribution in [0.2, 0.25) is 0 Å². The van der Waals surface area contributed by atoms with Crippen molar-refractivity contribution in [3.63, 3.8) is 0 Å². The molecule has 1 aromatic heterocycles. The molecule has 0 fully saturated rings. The first-order valence-corrected chi connectivity index (χ1v) is 9.97. The van der Waals surface area contributed by atoms with Gasteiger partial charge in [-0.25, -0.2) is 4.98 Å². The summed E-state index contributed by atoms with van der Waals surface area (Å²) < 4.78 is 2.22. The summed E-state index contributed by atoms with van der Waals surface area (Å²) in [7, 11) is 0. The fourth-order valence-electron chi connectivity index (χ4n) is 2.90. The molecular weight excluding hydrogens is 320 g/mol. The van der Waals surface area contributed by atoms with E-state index in [1.54, 1.807) is 0 Å². The Hall–Kier alpha value is -1.39. The molecule has 0 radical (unpaired) electrons. The minimum Gasteiger partial charge on any atom is -0.335 e. The molecule has 0 unspecified atom stereocenters. The van der Waals surface area contributed by atoms with Gasteiger partial charge in [-0.2, -0.15) is 0 Å². The van der Waals surface area contributed by atoms with E-state index in [0.29, 0.717) is 0 Å². The third-order valence-corrected chi connectivity index (χ3v) is 6.84. The molecule has 0 saturated carbocycles. The van der Waals surface area contributed by atoms with Crippen LogP contribution in [0.15, 0.2) is 61.2 Å². The summed E-state index contributed by atoms with van der Waals surface area (Å²) in [5, 5.41) is 2.61. The highest BCUT2D eigenvalue weighted by molar-refractivity contribution is 8.17. The number of benzene rings is 2. The van der Waals surface area contributed by atoms with Crippen LogP contribution < -0.4 is 0 Å². The van der Waals surface area contributed by atoms with E-state index >= 15 is 0 Å². The molecule has 23 heavy (non-hydrogen) atoms. The SMILES string of the molecule is CCSC(Cn1ccnc1)(SCC)c1ccc2ccccc2c1. The fourth-order valence-corrected chi connectivity index (χ4v) is 5.95. The van der Waals surface area contributed by atoms with Crippen LogP contribution in [0.25, 0.3) is 10.8 Å². The molecule has 2 nitrogen and oxygen atoms in total. The third-order valence-electron chi connectivity index (χ3n) is 3.89. The molecule has 0 amide bonds. The molecule has 1 heterocycles. The van der Waals surface area contributed by atoms with Gasteiger partial charge in [0.25, 0.3) is 0 Å². The van der Waals surface area contributed by atoms with Gasteiger partial charge in [0.15, 0.2) is 0 Å². The maximum atomic E-state index is 4.21. The second-order valence-electron chi connectivity index (χ2n) is 5.42. The van der Waals surface area contributed by atoms with E-state index in [1.807, 2.05) is 36.0 Å². The highest BCUT2D eigenvalue weighted by atomic mass is 32.2. The lowest BCUT2D eigenvalue weighted by atomic mass is 10.0. The molecule has 0 aliphatic carbocycles. The minimum absolute atomic E-state index is 0.0221. The van der Waals surface area contributed by atoms with E-state index in [1.165, 1.54) is 16.3 Å². The van der Waals surface area contributed by atoms with E-state index in [-0.39, 0.29) is 4.08 Å². The van der Waals surface area contributed by atoms with Crippen molar-refractivity contribution in [1.82, 2.24) is 9.55 Å². The lowest BCUT2D eigenvalue weighted by Gasteiger charge is -2.33. The van der Waals surface area contributed by atoms with Gasteiger partial charge in [0.2, 0.25) is 0 Å². The van der Waals surface area contributed by atoms with Crippen molar-refractivity contribution in [3.05, 3.63) is 66.7 Å². The topological polar surface area (TPSA) is 17.8 Å². The Kier molecular flexibility index (Phi) is 5.34. The molecule has 0 bridgehead atoms. The Morgan fingerprint density at radius 2 is 1.74 bits per heavy atom. The van der Waals surface area contributed by atoms with Crippen LogP contribution >= 0.6 is 23.5 Å². The predicted molar refractivity (Wildman–Crippen MR) is 104 cm³/mol. The number of fused-ring (bicyclic) bond motifs is 1. The van der Waals surface area contributed by atoms with Crippen molar-refractivity contribution >= 4 is 34.3 Å². The zero-order valence-electron chi connectivity index (χ0n) is 13.6. The van der Waals surface area contributed by atoms with E-state index in [2.05, 4.69) is 72.1 Å². The molecule has 2 aromatic carbocycles. The van der Waals surface area contributed by atoms with Crippen LogP contribution in [-0.2, 0) is 10.6 Å². The molecule has 0 saturated heterocycles. The summed E-state index contributed by atoms with van der Waals surface area (Å²) >= 11 is 4.05. The molecule has 120 valence electrons. The summed E-state index contributed by atoms with van der Waals surface area (Å²) in [6.07, 6.45) is 5.84. The van der Waals surface area contributed by atoms with Crippen molar-refractivity contribution < 1.29 is 0 Å². The first-order chi connectivity index (χ1) is 11.3. The normalized spacial score (nSPS) is 11.9. The fraction of sp³-hybridized carbons (Fsp3) is 0.316. The third kappa shape index (κ3) is 3.59. The standard InChI is InChI=1S/C19H22N2S2/c1-3-22-19(23-4-2,14-21-12-11-20-15-21)18-10-9-16-7-5-6-8-17(16)13-18/h5-13,15H,3-4,14H2,1-2H3. The summed E-state index contributed by atoms with van der Waals surface area (Å²) in [6, 6.07) is 15.5. The Bertz CT molecular complexity index is 747. The highest BCUT2D eigenvalue weighted by Gasteiger charge is 2.33. The Labute approximate surface area is 146 Å². The number of rotatable bonds is 7. The molecule has 0 spiro atoms. The van der Waals surface area contributed by atoms with Crippen LogP contribution in [-0.4, -0.2) is 21.1 Å². The van der Waals surface area contributed by atoms with Crippen molar-refractivity contribution in [2.24, 2.45) is 0 Å². The number of hydrogen-bond donors (Lipinski definition) is 0. The van der Waals surface area contributed by atoms with Crippen molar-refractivity contribution in [2.45, 2.75) is 24.5 Å². The van der Waals surface area contributed by atoms with Gasteiger partial charge in [0.05, 0.1) is 12.9 Å². The lowest BCUT2D eigenvalue weighted by molar-refractivity contribution is 0.649. The van der Waals surface area contributed by atoms with Gasteiger partial charge in [0, 0.05) is 12.4 Å². The largest absolute Gasteiger partial charge is 0.335 e. The van der Waals surface area contributed by atoms with Gasteiger partial charge in [-0.1, -0.05) is 50.2 Å². The van der Waals surface area contributed by atoms with Gasteiger partial charge >= 0.3 is 0 Å². The van der Waals surface area contributed by atoms with Gasteiger partial charge in [-0.3, -0.25) is 0 Å². The average molecular weight is 343 g/mol. The first kappa shape index (κ1) is 16.5. The molecule has 0 atom stereocenters. The molecule has 3 aromatic rings. The van der Waals surface area contributed by atoms with E-state index in [9.17, 15) is 0 Å². The van der Waals surface area contributed by atoms with Crippen LogP contribution in [0.1, 0.15) is 19.4 Å². The van der Waals surface area contributed by atoms with E-state index in [4.69, 9.17) is 0 Å². The van der Waals surface area contributed by atoms with Gasteiger partial charge in [-0.15, -0.1) is 23.5 Å². The molecule has 4 heteroatoms. The van der Waals surface area contributed by atoms with Crippen LogP contribution in [0.3, 0.4) is 0 Å². The number of thioether (sulfide) groups is 2. The second-order valence-corrected chi connectivity index (χ2v) is 8.80. The zero-order chi connectivity index (χ0) is 16.1. The highest BCUT2D eigenvalue weighted by Crippen LogP contribution is 2.48. The molecule has 0 aliphatic heterocycles. The Morgan fingerprint density at radius 1 is 1.00 bits per heavy atom. The zero-order valence-corrected chi connectivity index (χ0v) is 15.2. The van der Waals surface area contributed by atoms with Gasteiger partial charge < -0.3 is 4.57 Å². The van der Waals surface area contributed by atoms with Crippen molar-refractivity contribution in [2.75, 3.05) is 11.5 Å². The molecular formula is C19H22N2S2. The lowest BCUT2D eigenvalue weighted by Crippen LogP contribution is -2.25. The van der Waals surface area contributed by atoms with E-state index in [0.717, 1.165) is 18.1 Å². The Morgan fingerprint density at radius 3 is 2.39 bits per heavy atom. The van der Waals surface area contributed by atoms with Gasteiger partial charge in [0.1, 0.15) is 4.08 Å². The Balaban J connectivity index is 2.06. The second kappa shape index (κ2) is 7.45. The summed E-state index contributed by atoms with van der Waals surface area (Å²) in [5.41, 5.74) is 1.39.